The van der Waals surface area contributed by atoms with E-state index in [0.717, 1.165) is 0 Å². The molecule has 1 unspecified atom stereocenters. The fourth-order valence-corrected chi connectivity index (χ4v) is 3.61. The molecule has 0 aromatic heterocycles. The third kappa shape index (κ3) is 2.76. The summed E-state index contributed by atoms with van der Waals surface area (Å²) in [6.45, 7) is 2.47. The topological polar surface area (TPSA) is 59.9 Å². The van der Waals surface area contributed by atoms with Crippen LogP contribution in [0.5, 0.6) is 0 Å². The molecule has 6 heteroatoms. The van der Waals surface area contributed by atoms with Crippen LogP contribution in [0.1, 0.15) is 22.8 Å². The van der Waals surface area contributed by atoms with E-state index in [1.165, 1.54) is 6.07 Å². The van der Waals surface area contributed by atoms with Crippen molar-refractivity contribution in [2.75, 3.05) is 13.2 Å². The molecule has 0 bridgehead atoms. The van der Waals surface area contributed by atoms with Crippen LogP contribution in [0.2, 0.25) is 0 Å². The lowest BCUT2D eigenvalue weighted by Crippen LogP contribution is -2.47. The van der Waals surface area contributed by atoms with Gasteiger partial charge in [-0.05, 0) is 25.1 Å². The van der Waals surface area contributed by atoms with Crippen molar-refractivity contribution in [2.24, 2.45) is 10.9 Å². The standard InChI is InChI=1S/C20H19FN2O3/c1-13-16-11-25-19(22-18(24)14-7-3-2-4-8-14)23-20(16,12-26-13)15-9-5-6-10-17(15)21/h2-10,13,16H,11-12H2,1H3,(H,22,23,24)/t13?,16-,20-/m1/s1. The molecule has 134 valence electrons. The predicted molar refractivity (Wildman–Crippen MR) is 94.3 cm³/mol. The molecule has 1 saturated heterocycles. The van der Waals surface area contributed by atoms with Crippen molar-refractivity contribution in [1.29, 1.82) is 0 Å². The number of hydrogen-bond donors (Lipinski definition) is 1. The van der Waals surface area contributed by atoms with Gasteiger partial charge in [-0.3, -0.25) is 10.1 Å². The van der Waals surface area contributed by atoms with Gasteiger partial charge < -0.3 is 9.47 Å². The largest absolute Gasteiger partial charge is 0.464 e. The molecule has 3 atom stereocenters. The summed E-state index contributed by atoms with van der Waals surface area (Å²) in [4.78, 5) is 17.0. The van der Waals surface area contributed by atoms with Gasteiger partial charge in [0.1, 0.15) is 11.4 Å². The van der Waals surface area contributed by atoms with Crippen LogP contribution in [-0.4, -0.2) is 31.2 Å². The average Bonchev–Trinajstić information content (AvgIpc) is 3.00. The van der Waals surface area contributed by atoms with Crippen LogP contribution in [0, 0.1) is 11.7 Å². The summed E-state index contributed by atoms with van der Waals surface area (Å²) in [5.41, 5.74) is 0.0588. The van der Waals surface area contributed by atoms with Crippen LogP contribution >= 0.6 is 0 Å². The minimum absolute atomic E-state index is 0.0936. The normalized spacial score (nSPS) is 27.2. The van der Waals surface area contributed by atoms with E-state index in [1.54, 1.807) is 42.5 Å². The summed E-state index contributed by atoms with van der Waals surface area (Å²) < 4.78 is 26.0. The lowest BCUT2D eigenvalue weighted by atomic mass is 9.78. The number of halogens is 1. The number of carbonyl (C=O) groups excluding carboxylic acids is 1. The lowest BCUT2D eigenvalue weighted by Gasteiger charge is -2.36. The van der Waals surface area contributed by atoms with Gasteiger partial charge in [0.2, 0.25) is 0 Å². The summed E-state index contributed by atoms with van der Waals surface area (Å²) in [6.07, 6.45) is -0.121. The highest BCUT2D eigenvalue weighted by atomic mass is 19.1. The Morgan fingerprint density at radius 2 is 1.92 bits per heavy atom. The Morgan fingerprint density at radius 3 is 2.69 bits per heavy atom. The highest BCUT2D eigenvalue weighted by Crippen LogP contribution is 2.45. The molecule has 1 amide bonds. The molecule has 4 rings (SSSR count). The number of benzene rings is 2. The molecule has 0 radical (unpaired) electrons. The zero-order valence-corrected chi connectivity index (χ0v) is 14.3. The van der Waals surface area contributed by atoms with Crippen molar-refractivity contribution in [3.05, 3.63) is 71.5 Å². The molecule has 2 aromatic rings. The number of hydrogen-bond acceptors (Lipinski definition) is 4. The maximum Gasteiger partial charge on any atom is 0.292 e. The van der Waals surface area contributed by atoms with Gasteiger partial charge in [-0.1, -0.05) is 36.4 Å². The number of aliphatic imine (C=N–C) groups is 1. The smallest absolute Gasteiger partial charge is 0.292 e. The van der Waals surface area contributed by atoms with Gasteiger partial charge in [0.05, 0.1) is 25.2 Å². The molecule has 0 spiro atoms. The Kier molecular flexibility index (Phi) is 4.20. The zero-order valence-electron chi connectivity index (χ0n) is 14.3. The number of amides is 1. The summed E-state index contributed by atoms with van der Waals surface area (Å²) in [7, 11) is 0. The molecule has 2 heterocycles. The maximum absolute atomic E-state index is 14.5. The van der Waals surface area contributed by atoms with Crippen molar-refractivity contribution < 1.29 is 18.7 Å². The van der Waals surface area contributed by atoms with E-state index >= 15 is 0 Å². The molecule has 2 aliphatic heterocycles. The van der Waals surface area contributed by atoms with E-state index in [0.29, 0.717) is 17.7 Å². The van der Waals surface area contributed by atoms with E-state index in [2.05, 4.69) is 10.3 Å². The molecule has 2 aromatic carbocycles. The summed E-state index contributed by atoms with van der Waals surface area (Å²) in [5, 5.41) is 2.69. The Balaban J connectivity index is 1.70. The van der Waals surface area contributed by atoms with Gasteiger partial charge in [0.15, 0.2) is 0 Å². The molecule has 0 aliphatic carbocycles. The van der Waals surface area contributed by atoms with Crippen LogP contribution in [0.25, 0.3) is 0 Å². The van der Waals surface area contributed by atoms with Crippen LogP contribution in [0.15, 0.2) is 59.6 Å². The van der Waals surface area contributed by atoms with Crippen LogP contribution in [-0.2, 0) is 15.0 Å². The lowest BCUT2D eigenvalue weighted by molar-refractivity contribution is 0.0830. The number of rotatable bonds is 2. The van der Waals surface area contributed by atoms with Crippen molar-refractivity contribution in [3.63, 3.8) is 0 Å². The molecule has 5 nitrogen and oxygen atoms in total. The quantitative estimate of drug-likeness (QED) is 0.902. The first-order valence-corrected chi connectivity index (χ1v) is 8.56. The third-order valence-electron chi connectivity index (χ3n) is 5.04. The molecular formula is C20H19FN2O3. The van der Waals surface area contributed by atoms with Gasteiger partial charge >= 0.3 is 0 Å². The summed E-state index contributed by atoms with van der Waals surface area (Å²) in [6, 6.07) is 15.4. The van der Waals surface area contributed by atoms with Crippen molar-refractivity contribution in [2.45, 2.75) is 18.6 Å². The van der Waals surface area contributed by atoms with Crippen LogP contribution in [0.4, 0.5) is 4.39 Å². The van der Waals surface area contributed by atoms with Gasteiger partial charge in [0, 0.05) is 11.1 Å². The molecule has 1 fully saturated rings. The second-order valence-corrected chi connectivity index (χ2v) is 6.57. The molecule has 1 N–H and O–H groups in total. The minimum atomic E-state index is -0.900. The highest BCUT2D eigenvalue weighted by Gasteiger charge is 2.53. The van der Waals surface area contributed by atoms with Gasteiger partial charge in [-0.15, -0.1) is 0 Å². The van der Waals surface area contributed by atoms with E-state index in [9.17, 15) is 9.18 Å². The fraction of sp³-hybridized carbons (Fsp3) is 0.300. The highest BCUT2D eigenvalue weighted by molar-refractivity contribution is 6.04. The minimum Gasteiger partial charge on any atom is -0.464 e. The van der Waals surface area contributed by atoms with E-state index < -0.39 is 5.54 Å². The number of amidine groups is 1. The van der Waals surface area contributed by atoms with Gasteiger partial charge in [0.25, 0.3) is 11.9 Å². The second kappa shape index (κ2) is 6.53. The second-order valence-electron chi connectivity index (χ2n) is 6.57. The number of carbonyl (C=O) groups is 1. The number of ether oxygens (including phenoxy) is 2. The van der Waals surface area contributed by atoms with E-state index in [4.69, 9.17) is 9.47 Å². The molecule has 26 heavy (non-hydrogen) atoms. The predicted octanol–water partition coefficient (Wildman–Crippen LogP) is 2.87. The zero-order chi connectivity index (χ0) is 18.1. The van der Waals surface area contributed by atoms with Crippen molar-refractivity contribution >= 4 is 11.9 Å². The average molecular weight is 354 g/mol. The molecule has 2 aliphatic rings. The molecule has 0 saturated carbocycles. The Labute approximate surface area is 150 Å². The van der Waals surface area contributed by atoms with Crippen molar-refractivity contribution in [1.82, 2.24) is 5.32 Å². The fourth-order valence-electron chi connectivity index (χ4n) is 3.61. The third-order valence-corrected chi connectivity index (χ3v) is 5.04. The monoisotopic (exact) mass is 354 g/mol. The number of fused-ring (bicyclic) bond motifs is 1. The number of nitrogens with one attached hydrogen (secondary N) is 1. The summed E-state index contributed by atoms with van der Waals surface area (Å²) >= 11 is 0. The summed E-state index contributed by atoms with van der Waals surface area (Å²) in [5.74, 6) is -0.787. The van der Waals surface area contributed by atoms with Crippen molar-refractivity contribution in [3.8, 4) is 0 Å². The van der Waals surface area contributed by atoms with E-state index in [-0.39, 0.29) is 36.4 Å². The molecular weight excluding hydrogens is 335 g/mol. The first kappa shape index (κ1) is 16.7. The van der Waals surface area contributed by atoms with Gasteiger partial charge in [-0.2, -0.15) is 0 Å². The van der Waals surface area contributed by atoms with Crippen LogP contribution < -0.4 is 5.32 Å². The first-order chi connectivity index (χ1) is 12.6. The Hall–Kier alpha value is -2.73. The number of nitrogens with zero attached hydrogens (tertiary/aromatic N) is 1. The first-order valence-electron chi connectivity index (χ1n) is 8.56. The Morgan fingerprint density at radius 1 is 1.19 bits per heavy atom. The Bertz CT molecular complexity index is 855. The maximum atomic E-state index is 14.5. The SMILES string of the molecule is CC1OC[C@]2(c3ccccc3F)N=C(NC(=O)c3ccccc3)OC[C@H]12. The van der Waals surface area contributed by atoms with E-state index in [1.807, 2.05) is 13.0 Å². The van der Waals surface area contributed by atoms with Crippen LogP contribution in [0.3, 0.4) is 0 Å². The van der Waals surface area contributed by atoms with Gasteiger partial charge in [-0.25, -0.2) is 9.38 Å².